The zero-order valence-electron chi connectivity index (χ0n) is 22.8. The Labute approximate surface area is 256 Å². The molecule has 43 heavy (non-hydrogen) atoms. The van der Waals surface area contributed by atoms with E-state index in [1.54, 1.807) is 28.8 Å². The van der Waals surface area contributed by atoms with Crippen molar-refractivity contribution in [2.24, 2.45) is 5.92 Å². The van der Waals surface area contributed by atoms with Crippen LogP contribution < -0.4 is 14.2 Å². The Morgan fingerprint density at radius 3 is 2.51 bits per heavy atom. The number of alkyl halides is 2. The van der Waals surface area contributed by atoms with Crippen LogP contribution in [0.3, 0.4) is 0 Å². The summed E-state index contributed by atoms with van der Waals surface area (Å²) in [6.07, 6.45) is 6.41. The first kappa shape index (κ1) is 30.8. The Kier molecular flexibility index (Phi) is 9.28. The van der Waals surface area contributed by atoms with E-state index in [1.807, 2.05) is 0 Å². The highest BCUT2D eigenvalue weighted by Crippen LogP contribution is 2.38. The van der Waals surface area contributed by atoms with Crippen LogP contribution in [0, 0.1) is 5.92 Å². The third-order valence-corrected chi connectivity index (χ3v) is 7.97. The molecule has 2 aromatic carbocycles. The number of anilines is 1. The van der Waals surface area contributed by atoms with Gasteiger partial charge in [0.05, 0.1) is 34.1 Å². The Morgan fingerprint density at radius 2 is 1.84 bits per heavy atom. The zero-order chi connectivity index (χ0) is 30.7. The molecule has 1 fully saturated rings. The number of nitrogens with zero attached hydrogens (tertiary/aromatic N) is 2. The molecule has 1 unspecified atom stereocenters. The first-order valence-electron chi connectivity index (χ1n) is 13.2. The van der Waals surface area contributed by atoms with E-state index in [0.717, 1.165) is 19.1 Å². The second-order valence-corrected chi connectivity index (χ2v) is 12.7. The molecule has 0 amide bonds. The quantitative estimate of drug-likeness (QED) is 0.161. The summed E-state index contributed by atoms with van der Waals surface area (Å²) in [6.45, 7) is -2.99. The minimum atomic E-state index is -3.58. The van der Waals surface area contributed by atoms with Crippen molar-refractivity contribution in [3.63, 3.8) is 0 Å². The fraction of sp³-hybridized carbons (Fsp3) is 0.310. The van der Waals surface area contributed by atoms with Gasteiger partial charge in [0.1, 0.15) is 12.6 Å². The second-order valence-electron chi connectivity index (χ2n) is 10.2. The van der Waals surface area contributed by atoms with Crippen LogP contribution in [0.2, 0.25) is 10.0 Å². The van der Waals surface area contributed by atoms with E-state index in [-0.39, 0.29) is 34.5 Å². The van der Waals surface area contributed by atoms with Gasteiger partial charge < -0.3 is 18.8 Å². The molecule has 0 aliphatic heterocycles. The molecule has 1 atom stereocenters. The number of carbonyl (C=O) groups is 1. The molecule has 1 aliphatic carbocycles. The fourth-order valence-corrected chi connectivity index (χ4v) is 5.64. The van der Waals surface area contributed by atoms with Crippen molar-refractivity contribution < 1.29 is 36.2 Å². The summed E-state index contributed by atoms with van der Waals surface area (Å²) < 4.78 is 70.5. The second kappa shape index (κ2) is 12.9. The maximum Gasteiger partial charge on any atom is 0.387 e. The molecule has 9 nitrogen and oxygen atoms in total. The summed E-state index contributed by atoms with van der Waals surface area (Å²) in [7, 11) is -3.58. The highest BCUT2D eigenvalue weighted by atomic mass is 35.5. The van der Waals surface area contributed by atoms with Crippen molar-refractivity contribution >= 4 is 55.8 Å². The third kappa shape index (κ3) is 8.07. The van der Waals surface area contributed by atoms with Gasteiger partial charge in [-0.3, -0.25) is 14.5 Å². The molecule has 5 rings (SSSR count). The van der Waals surface area contributed by atoms with Gasteiger partial charge >= 0.3 is 12.6 Å². The molecule has 1 N–H and O–H groups in total. The number of nitrogens with one attached hydrogen (secondary N) is 1. The molecule has 4 aromatic rings. The number of hydrogen-bond acceptors (Lipinski definition) is 7. The van der Waals surface area contributed by atoms with Crippen molar-refractivity contribution in [1.82, 2.24) is 9.55 Å². The summed E-state index contributed by atoms with van der Waals surface area (Å²) >= 11 is 12.8. The van der Waals surface area contributed by atoms with Crippen molar-refractivity contribution in [2.45, 2.75) is 38.5 Å². The largest absolute Gasteiger partial charge is 0.489 e. The predicted molar refractivity (Wildman–Crippen MR) is 158 cm³/mol. The number of benzene rings is 2. The summed E-state index contributed by atoms with van der Waals surface area (Å²) in [5, 5.41) is 1.10. The molecule has 2 heterocycles. The molecule has 14 heteroatoms. The fourth-order valence-electron chi connectivity index (χ4n) is 4.56. The van der Waals surface area contributed by atoms with E-state index in [2.05, 4.69) is 14.4 Å². The minimum Gasteiger partial charge on any atom is -0.489 e. The van der Waals surface area contributed by atoms with Gasteiger partial charge in [0.25, 0.3) is 0 Å². The molecular formula is C29H27Cl2F2N3O6S. The number of sulfonamides is 1. The lowest BCUT2D eigenvalue weighted by molar-refractivity contribution is -0.150. The highest BCUT2D eigenvalue weighted by Gasteiger charge is 2.26. The first-order valence-corrected chi connectivity index (χ1v) is 15.9. The van der Waals surface area contributed by atoms with Gasteiger partial charge in [-0.05, 0) is 48.1 Å². The zero-order valence-corrected chi connectivity index (χ0v) is 25.1. The minimum absolute atomic E-state index is 0.0380. The lowest BCUT2D eigenvalue weighted by Crippen LogP contribution is -2.19. The van der Waals surface area contributed by atoms with Crippen molar-refractivity contribution in [1.29, 1.82) is 0 Å². The smallest absolute Gasteiger partial charge is 0.387 e. The molecule has 1 saturated carbocycles. The number of aromatic nitrogens is 2. The Bertz CT molecular complexity index is 1730. The lowest BCUT2D eigenvalue weighted by atomic mass is 10.0. The average Bonchev–Trinajstić information content (AvgIpc) is 3.71. The lowest BCUT2D eigenvalue weighted by Gasteiger charge is -2.22. The summed E-state index contributed by atoms with van der Waals surface area (Å²) in [4.78, 5) is 17.4. The summed E-state index contributed by atoms with van der Waals surface area (Å²) in [5.41, 5.74) is 1.81. The number of esters is 1. The van der Waals surface area contributed by atoms with Crippen LogP contribution >= 0.6 is 23.2 Å². The Morgan fingerprint density at radius 1 is 1.12 bits per heavy atom. The van der Waals surface area contributed by atoms with E-state index >= 15 is 0 Å². The van der Waals surface area contributed by atoms with E-state index in [0.29, 0.717) is 40.2 Å². The van der Waals surface area contributed by atoms with Gasteiger partial charge in [0, 0.05) is 30.4 Å². The van der Waals surface area contributed by atoms with Crippen LogP contribution in [-0.2, 0) is 32.5 Å². The number of fused-ring (bicyclic) bond motifs is 1. The van der Waals surface area contributed by atoms with Crippen molar-refractivity contribution in [3.8, 4) is 11.5 Å². The predicted octanol–water partition coefficient (Wildman–Crippen LogP) is 6.63. The van der Waals surface area contributed by atoms with Crippen molar-refractivity contribution in [3.05, 3.63) is 82.2 Å². The molecule has 228 valence electrons. The maximum absolute atomic E-state index is 13.4. The number of ether oxygens (including phenoxy) is 3. The SMILES string of the molecule is CS(=O)(=O)Nc1cn(CC(=O)OC(Cc2c(Cl)cncc2Cl)c2ccc(OC(F)F)c(OCC3CC3)c2)c2ccccc12. The number of pyridine rings is 1. The summed E-state index contributed by atoms with van der Waals surface area (Å²) in [5.74, 6) is -0.379. The average molecular weight is 655 g/mol. The summed E-state index contributed by atoms with van der Waals surface area (Å²) in [6, 6.07) is 11.3. The molecule has 0 saturated heterocycles. The number of para-hydroxylation sites is 1. The molecule has 1 aliphatic rings. The van der Waals surface area contributed by atoms with Crippen LogP contribution in [0.4, 0.5) is 14.5 Å². The number of rotatable bonds is 13. The number of carbonyl (C=O) groups excluding carboxylic acids is 1. The van der Waals surface area contributed by atoms with E-state index in [4.69, 9.17) is 32.7 Å². The van der Waals surface area contributed by atoms with Crippen LogP contribution in [-0.4, -0.2) is 43.4 Å². The van der Waals surface area contributed by atoms with Gasteiger partial charge in [-0.15, -0.1) is 0 Å². The highest BCUT2D eigenvalue weighted by molar-refractivity contribution is 7.92. The number of hydrogen-bond donors (Lipinski definition) is 1. The van der Waals surface area contributed by atoms with Crippen LogP contribution in [0.1, 0.15) is 30.1 Å². The maximum atomic E-state index is 13.4. The molecule has 0 radical (unpaired) electrons. The van der Waals surface area contributed by atoms with Gasteiger partial charge in [-0.1, -0.05) is 47.5 Å². The topological polar surface area (TPSA) is 109 Å². The van der Waals surface area contributed by atoms with Crippen molar-refractivity contribution in [2.75, 3.05) is 17.6 Å². The standard InChI is InChI=1S/C29H27Cl2F2N3O6S/c1-43(38,39)35-23-14-36(24-5-3-2-4-19(23)24)15-28(37)41-26(11-20-21(30)12-34-13-22(20)31)18-8-9-25(42-29(32)33)27(10-18)40-16-17-6-7-17/h2-5,8-10,12-14,17,26,29,35H,6-7,11,15-16H2,1H3. The van der Waals surface area contributed by atoms with Gasteiger partial charge in [0.15, 0.2) is 11.5 Å². The molecule has 0 spiro atoms. The van der Waals surface area contributed by atoms with Gasteiger partial charge in [0.2, 0.25) is 10.0 Å². The van der Waals surface area contributed by atoms with E-state index in [9.17, 15) is 22.0 Å². The molecule has 0 bridgehead atoms. The van der Waals surface area contributed by atoms with Crippen LogP contribution in [0.25, 0.3) is 10.9 Å². The third-order valence-electron chi connectivity index (χ3n) is 6.73. The number of halogens is 4. The van der Waals surface area contributed by atoms with Crippen LogP contribution in [0.15, 0.2) is 61.1 Å². The molecular weight excluding hydrogens is 627 g/mol. The Hall–Kier alpha value is -3.61. The van der Waals surface area contributed by atoms with Gasteiger partial charge in [-0.25, -0.2) is 8.42 Å². The molecule has 2 aromatic heterocycles. The Balaban J connectivity index is 1.46. The normalized spacial score (nSPS) is 14.1. The first-order chi connectivity index (χ1) is 20.5. The monoisotopic (exact) mass is 653 g/mol. The van der Waals surface area contributed by atoms with E-state index in [1.165, 1.54) is 36.8 Å². The van der Waals surface area contributed by atoms with Gasteiger partial charge in [-0.2, -0.15) is 8.78 Å². The van der Waals surface area contributed by atoms with E-state index < -0.39 is 28.7 Å². The van der Waals surface area contributed by atoms with Crippen LogP contribution in [0.5, 0.6) is 11.5 Å².